The molecule has 0 aliphatic carbocycles. The van der Waals surface area contributed by atoms with Gasteiger partial charge >= 0.3 is 0 Å². The fourth-order valence-corrected chi connectivity index (χ4v) is 5.09. The summed E-state index contributed by atoms with van der Waals surface area (Å²) in [4.78, 5) is 33.2. The van der Waals surface area contributed by atoms with E-state index in [-0.39, 0.29) is 24.0 Å². The number of anilines is 1. The molecule has 3 heterocycles. The van der Waals surface area contributed by atoms with Crippen LogP contribution in [0.5, 0.6) is 11.5 Å². The number of amides is 1. The fraction of sp³-hybridized carbons (Fsp3) is 0.423. The Balaban J connectivity index is 1.48. The first kappa shape index (κ1) is 24.5. The highest BCUT2D eigenvalue weighted by molar-refractivity contribution is 7.99. The number of carbonyl (C=O) groups is 1. The molecule has 36 heavy (non-hydrogen) atoms. The molecule has 1 N–H and O–H groups in total. The van der Waals surface area contributed by atoms with Crippen molar-refractivity contribution in [3.63, 3.8) is 0 Å². The van der Waals surface area contributed by atoms with Gasteiger partial charge in [-0.3, -0.25) is 14.2 Å². The highest BCUT2D eigenvalue weighted by atomic mass is 32.2. The van der Waals surface area contributed by atoms with E-state index >= 15 is 0 Å². The van der Waals surface area contributed by atoms with Gasteiger partial charge in [-0.25, -0.2) is 4.98 Å². The third kappa shape index (κ3) is 5.44. The summed E-state index contributed by atoms with van der Waals surface area (Å²) in [5.74, 6) is 1.47. The van der Waals surface area contributed by atoms with Crippen molar-refractivity contribution in [2.24, 2.45) is 0 Å². The van der Waals surface area contributed by atoms with Crippen molar-refractivity contribution in [1.29, 1.82) is 0 Å². The number of rotatable bonds is 9. The van der Waals surface area contributed by atoms with Gasteiger partial charge in [-0.15, -0.1) is 0 Å². The molecule has 3 aromatic rings. The van der Waals surface area contributed by atoms with Crippen LogP contribution in [0.4, 0.5) is 5.69 Å². The molecule has 0 saturated carbocycles. The Morgan fingerprint density at radius 2 is 1.94 bits per heavy atom. The average Bonchev–Trinajstić information content (AvgIpc) is 3.38. The second-order valence-corrected chi connectivity index (χ2v) is 9.71. The van der Waals surface area contributed by atoms with Crippen LogP contribution in [0.3, 0.4) is 0 Å². The Morgan fingerprint density at radius 3 is 2.78 bits per heavy atom. The van der Waals surface area contributed by atoms with E-state index < -0.39 is 0 Å². The Hall–Kier alpha value is -3.24. The number of ether oxygens (including phenoxy) is 3. The van der Waals surface area contributed by atoms with E-state index in [0.717, 1.165) is 37.2 Å². The lowest BCUT2D eigenvalue weighted by Gasteiger charge is -2.29. The summed E-state index contributed by atoms with van der Waals surface area (Å²) in [6.07, 6.45) is 1.95. The molecular formula is C26H30N4O5S. The van der Waals surface area contributed by atoms with E-state index in [9.17, 15) is 9.59 Å². The zero-order valence-electron chi connectivity index (χ0n) is 20.3. The molecule has 2 aromatic carbocycles. The van der Waals surface area contributed by atoms with Crippen molar-refractivity contribution < 1.29 is 19.0 Å². The molecular weight excluding hydrogens is 480 g/mol. The van der Waals surface area contributed by atoms with Crippen molar-refractivity contribution in [3.05, 3.63) is 52.3 Å². The Morgan fingerprint density at radius 1 is 1.11 bits per heavy atom. The molecule has 0 bridgehead atoms. The number of unbranched alkanes of at least 4 members (excludes halogenated alkanes) is 1. The number of hydrogen-bond donors (Lipinski definition) is 1. The first-order valence-electron chi connectivity index (χ1n) is 12.3. The monoisotopic (exact) mass is 510 g/mol. The summed E-state index contributed by atoms with van der Waals surface area (Å²) in [6.45, 7) is 6.13. The molecule has 1 amide bonds. The number of aromatic nitrogens is 2. The van der Waals surface area contributed by atoms with Crippen LogP contribution in [-0.2, 0) is 16.1 Å². The molecule has 1 aromatic heterocycles. The molecule has 5 rings (SSSR count). The standard InChI is InChI=1S/C26H30N4O5S/c1-2-3-8-27-24(31)16-36-26-28-21-6-5-19(29-9-11-33-12-10-29)14-20(21)25(32)30(26)15-18-4-7-22-23(13-18)35-17-34-22/h4-7,13-14H,2-3,8-12,15-17H2,1H3,(H,27,31). The van der Waals surface area contributed by atoms with Crippen LogP contribution in [0, 0.1) is 0 Å². The number of nitrogens with zero attached hydrogens (tertiary/aromatic N) is 3. The lowest BCUT2D eigenvalue weighted by atomic mass is 10.1. The van der Waals surface area contributed by atoms with Crippen molar-refractivity contribution in [2.75, 3.05) is 50.3 Å². The lowest BCUT2D eigenvalue weighted by molar-refractivity contribution is -0.118. The molecule has 1 fully saturated rings. The Bertz CT molecular complexity index is 1310. The molecule has 0 atom stereocenters. The molecule has 1 saturated heterocycles. The maximum absolute atomic E-state index is 13.8. The number of benzene rings is 2. The SMILES string of the molecule is CCCCNC(=O)CSc1nc2ccc(N3CCOCC3)cc2c(=O)n1Cc1ccc2c(c1)OCO2. The average molecular weight is 511 g/mol. The highest BCUT2D eigenvalue weighted by Crippen LogP contribution is 2.33. The number of fused-ring (bicyclic) bond motifs is 2. The van der Waals surface area contributed by atoms with E-state index in [2.05, 4.69) is 17.1 Å². The number of carbonyl (C=O) groups excluding carboxylic acids is 1. The van der Waals surface area contributed by atoms with E-state index in [0.29, 0.717) is 53.9 Å². The number of hydrogen-bond acceptors (Lipinski definition) is 8. The third-order valence-corrected chi connectivity index (χ3v) is 7.22. The van der Waals surface area contributed by atoms with E-state index in [4.69, 9.17) is 19.2 Å². The van der Waals surface area contributed by atoms with Gasteiger partial charge in [0.1, 0.15) is 0 Å². The second-order valence-electron chi connectivity index (χ2n) is 8.77. The lowest BCUT2D eigenvalue weighted by Crippen LogP contribution is -2.36. The minimum absolute atomic E-state index is 0.0694. The van der Waals surface area contributed by atoms with Crippen molar-refractivity contribution in [1.82, 2.24) is 14.9 Å². The van der Waals surface area contributed by atoms with Gasteiger partial charge in [0.25, 0.3) is 5.56 Å². The van der Waals surface area contributed by atoms with Crippen LogP contribution in [0.2, 0.25) is 0 Å². The van der Waals surface area contributed by atoms with Gasteiger partial charge in [-0.1, -0.05) is 31.2 Å². The van der Waals surface area contributed by atoms with Crippen molar-refractivity contribution in [3.8, 4) is 11.5 Å². The zero-order valence-corrected chi connectivity index (χ0v) is 21.1. The molecule has 10 heteroatoms. The quantitative estimate of drug-likeness (QED) is 0.267. The van der Waals surface area contributed by atoms with E-state index in [1.54, 1.807) is 4.57 Å². The summed E-state index contributed by atoms with van der Waals surface area (Å²) in [7, 11) is 0. The predicted octanol–water partition coefficient (Wildman–Crippen LogP) is 3.02. The summed E-state index contributed by atoms with van der Waals surface area (Å²) in [6, 6.07) is 11.4. The van der Waals surface area contributed by atoms with E-state index in [1.165, 1.54) is 11.8 Å². The van der Waals surface area contributed by atoms with Gasteiger partial charge in [0, 0.05) is 25.3 Å². The van der Waals surface area contributed by atoms with Crippen LogP contribution in [-0.4, -0.2) is 60.9 Å². The molecule has 0 unspecified atom stereocenters. The molecule has 2 aliphatic rings. The van der Waals surface area contributed by atoms with E-state index in [1.807, 2.05) is 36.4 Å². The number of thioether (sulfide) groups is 1. The van der Waals surface area contributed by atoms with Gasteiger partial charge in [0.05, 0.1) is 36.4 Å². The summed E-state index contributed by atoms with van der Waals surface area (Å²) in [5, 5.41) is 3.99. The third-order valence-electron chi connectivity index (χ3n) is 6.24. The van der Waals surface area contributed by atoms with Crippen molar-refractivity contribution in [2.45, 2.75) is 31.5 Å². The molecule has 0 radical (unpaired) electrons. The van der Waals surface area contributed by atoms with Crippen LogP contribution >= 0.6 is 11.8 Å². The van der Waals surface area contributed by atoms with Crippen LogP contribution in [0.15, 0.2) is 46.3 Å². The van der Waals surface area contributed by atoms with Crippen LogP contribution in [0.1, 0.15) is 25.3 Å². The van der Waals surface area contributed by atoms with Gasteiger partial charge in [0.2, 0.25) is 12.7 Å². The van der Waals surface area contributed by atoms with Gasteiger partial charge in [-0.2, -0.15) is 0 Å². The summed E-state index contributed by atoms with van der Waals surface area (Å²) < 4.78 is 18.1. The smallest absolute Gasteiger partial charge is 0.262 e. The molecule has 0 spiro atoms. The fourth-order valence-electron chi connectivity index (χ4n) is 4.26. The topological polar surface area (TPSA) is 94.9 Å². The van der Waals surface area contributed by atoms with Crippen LogP contribution < -0.4 is 25.2 Å². The summed E-state index contributed by atoms with van der Waals surface area (Å²) >= 11 is 1.28. The normalized spacial score (nSPS) is 14.9. The van der Waals surface area contributed by atoms with Crippen LogP contribution in [0.25, 0.3) is 10.9 Å². The maximum atomic E-state index is 13.8. The van der Waals surface area contributed by atoms with Gasteiger partial charge in [0.15, 0.2) is 16.7 Å². The predicted molar refractivity (Wildman–Crippen MR) is 139 cm³/mol. The largest absolute Gasteiger partial charge is 0.454 e. The molecule has 190 valence electrons. The van der Waals surface area contributed by atoms with Gasteiger partial charge in [-0.05, 0) is 42.3 Å². The summed E-state index contributed by atoms with van der Waals surface area (Å²) in [5.41, 5.74) is 2.35. The van der Waals surface area contributed by atoms with Gasteiger partial charge < -0.3 is 24.4 Å². The molecule has 2 aliphatic heterocycles. The maximum Gasteiger partial charge on any atom is 0.262 e. The zero-order chi connectivity index (χ0) is 24.9. The minimum atomic E-state index is -0.137. The number of morpholine rings is 1. The Labute approximate surface area is 213 Å². The molecule has 9 nitrogen and oxygen atoms in total. The first-order chi connectivity index (χ1) is 17.6. The highest BCUT2D eigenvalue weighted by Gasteiger charge is 2.19. The van der Waals surface area contributed by atoms with Crippen molar-refractivity contribution >= 4 is 34.3 Å². The second kappa shape index (κ2) is 11.2. The Kier molecular flexibility index (Phi) is 7.62. The number of nitrogens with one attached hydrogen (secondary N) is 1. The first-order valence-corrected chi connectivity index (χ1v) is 13.3. The minimum Gasteiger partial charge on any atom is -0.454 e.